The molecule has 3 nitrogen and oxygen atoms in total. The molecule has 0 saturated heterocycles. The first-order chi connectivity index (χ1) is 9.31. The van der Waals surface area contributed by atoms with Gasteiger partial charge in [0.2, 0.25) is 0 Å². The summed E-state index contributed by atoms with van der Waals surface area (Å²) in [7, 11) is 2.23. The van der Waals surface area contributed by atoms with E-state index in [0.717, 1.165) is 25.5 Å². The molecule has 0 rings (SSSR count). The van der Waals surface area contributed by atoms with E-state index in [4.69, 9.17) is 18.4 Å². The average molecular weight is 303 g/mol. The van der Waals surface area contributed by atoms with Gasteiger partial charge in [0.25, 0.3) is 0 Å². The molecule has 0 bridgehead atoms. The zero-order valence-corrected chi connectivity index (χ0v) is 14.8. The smallest absolute Gasteiger partial charge is 0.136 e. The molecule has 0 radical (unpaired) electrons. The van der Waals surface area contributed by atoms with E-state index in [-0.39, 0.29) is 4.75 Å². The van der Waals surface area contributed by atoms with Crippen molar-refractivity contribution in [3.05, 3.63) is 0 Å². The van der Waals surface area contributed by atoms with Crippen LogP contribution < -0.4 is 5.73 Å². The van der Waals surface area contributed by atoms with Crippen LogP contribution in [0, 0.1) is 0 Å². The Kier molecular flexibility index (Phi) is 9.77. The van der Waals surface area contributed by atoms with Gasteiger partial charge in [-0.05, 0) is 45.6 Å². The fraction of sp³-hybridized carbons (Fsp3) is 0.938. The molecular weight excluding hydrogens is 268 g/mol. The first-order valence-electron chi connectivity index (χ1n) is 7.96. The highest BCUT2D eigenvalue weighted by Gasteiger charge is 2.26. The van der Waals surface area contributed by atoms with Crippen LogP contribution in [0.3, 0.4) is 0 Å². The summed E-state index contributed by atoms with van der Waals surface area (Å²) in [5.74, 6) is 0. The van der Waals surface area contributed by atoms with Crippen LogP contribution in [0.15, 0.2) is 0 Å². The number of nitrogens with zero attached hydrogens (tertiary/aromatic N) is 1. The van der Waals surface area contributed by atoms with Gasteiger partial charge in [-0.25, -0.2) is 0 Å². The number of nitrogens with two attached hydrogens (primary N) is 1. The summed E-state index contributed by atoms with van der Waals surface area (Å²) in [5, 5.41) is 0. The highest BCUT2D eigenvalue weighted by Crippen LogP contribution is 2.28. The largest absolute Gasteiger partial charge is 0.322 e. The van der Waals surface area contributed by atoms with E-state index in [2.05, 4.69) is 39.6 Å². The van der Waals surface area contributed by atoms with Gasteiger partial charge in [0.15, 0.2) is 0 Å². The number of aldehydes is 1. The monoisotopic (exact) mass is 302 g/mol. The van der Waals surface area contributed by atoms with Crippen molar-refractivity contribution in [1.82, 2.24) is 4.90 Å². The van der Waals surface area contributed by atoms with E-state index in [1.807, 2.05) is 0 Å². The Bertz CT molecular complexity index is 267. The van der Waals surface area contributed by atoms with Crippen LogP contribution in [0.25, 0.3) is 0 Å². The van der Waals surface area contributed by atoms with Crippen molar-refractivity contribution in [1.29, 1.82) is 0 Å². The topological polar surface area (TPSA) is 46.3 Å². The molecule has 0 aromatic heterocycles. The molecule has 0 spiro atoms. The summed E-state index contributed by atoms with van der Waals surface area (Å²) in [6.07, 6.45) is 7.09. The van der Waals surface area contributed by atoms with E-state index < -0.39 is 6.04 Å². The SMILES string of the molecule is CCC(CC)N(C)C(CC)CCC(C)(S)CC(N)C=O. The first kappa shape index (κ1) is 19.9. The minimum Gasteiger partial charge on any atom is -0.322 e. The van der Waals surface area contributed by atoms with Gasteiger partial charge in [-0.3, -0.25) is 0 Å². The Morgan fingerprint density at radius 2 is 1.70 bits per heavy atom. The Balaban J connectivity index is 4.46. The third kappa shape index (κ3) is 7.09. The molecule has 0 aliphatic rings. The van der Waals surface area contributed by atoms with Crippen LogP contribution in [-0.4, -0.2) is 41.1 Å². The van der Waals surface area contributed by atoms with E-state index in [1.165, 1.54) is 12.8 Å². The molecule has 20 heavy (non-hydrogen) atoms. The highest BCUT2D eigenvalue weighted by atomic mass is 32.1. The molecule has 3 unspecified atom stereocenters. The van der Waals surface area contributed by atoms with E-state index in [1.54, 1.807) is 0 Å². The minimum absolute atomic E-state index is 0.164. The number of carbonyl (C=O) groups excluding carboxylic acids is 1. The Hall–Kier alpha value is -0.0600. The normalized spacial score (nSPS) is 18.1. The zero-order chi connectivity index (χ0) is 15.8. The van der Waals surface area contributed by atoms with E-state index in [9.17, 15) is 4.79 Å². The Morgan fingerprint density at radius 1 is 1.20 bits per heavy atom. The molecule has 2 N–H and O–H groups in total. The van der Waals surface area contributed by atoms with Crippen LogP contribution in [0.1, 0.15) is 66.2 Å². The number of hydrogen-bond acceptors (Lipinski definition) is 4. The molecule has 0 aliphatic heterocycles. The van der Waals surface area contributed by atoms with Gasteiger partial charge in [-0.1, -0.05) is 27.7 Å². The van der Waals surface area contributed by atoms with Gasteiger partial charge in [-0.15, -0.1) is 0 Å². The molecule has 0 fully saturated rings. The van der Waals surface area contributed by atoms with Crippen LogP contribution in [0.4, 0.5) is 0 Å². The molecule has 0 aliphatic carbocycles. The third-order valence-corrected chi connectivity index (χ3v) is 4.84. The molecule has 120 valence electrons. The summed E-state index contributed by atoms with van der Waals surface area (Å²) < 4.78 is -0.164. The van der Waals surface area contributed by atoms with Crippen LogP contribution in [0.5, 0.6) is 0 Å². The van der Waals surface area contributed by atoms with Crippen molar-refractivity contribution >= 4 is 18.9 Å². The van der Waals surface area contributed by atoms with Crippen molar-refractivity contribution in [3.63, 3.8) is 0 Å². The average Bonchev–Trinajstić information content (AvgIpc) is 2.40. The molecule has 3 atom stereocenters. The third-order valence-electron chi connectivity index (χ3n) is 4.43. The second kappa shape index (κ2) is 9.80. The lowest BCUT2D eigenvalue weighted by atomic mass is 9.92. The van der Waals surface area contributed by atoms with Gasteiger partial charge in [0.1, 0.15) is 6.29 Å². The molecule has 0 aromatic carbocycles. The second-order valence-electron chi connectivity index (χ2n) is 6.24. The number of hydrogen-bond donors (Lipinski definition) is 2. The lowest BCUT2D eigenvalue weighted by Gasteiger charge is -2.36. The molecule has 0 heterocycles. The first-order valence-corrected chi connectivity index (χ1v) is 8.41. The predicted molar refractivity (Wildman–Crippen MR) is 91.5 cm³/mol. The van der Waals surface area contributed by atoms with Gasteiger partial charge in [0.05, 0.1) is 6.04 Å². The number of carbonyl (C=O) groups is 1. The maximum absolute atomic E-state index is 10.7. The predicted octanol–water partition coefficient (Wildman–Crippen LogP) is 3.27. The van der Waals surface area contributed by atoms with Crippen molar-refractivity contribution in [2.75, 3.05) is 7.05 Å². The van der Waals surface area contributed by atoms with Gasteiger partial charge < -0.3 is 15.4 Å². The minimum atomic E-state index is -0.394. The fourth-order valence-electron chi connectivity index (χ4n) is 2.99. The van der Waals surface area contributed by atoms with Crippen LogP contribution in [-0.2, 0) is 4.79 Å². The van der Waals surface area contributed by atoms with Crippen LogP contribution in [0.2, 0.25) is 0 Å². The van der Waals surface area contributed by atoms with Crippen molar-refractivity contribution in [2.24, 2.45) is 5.73 Å². The molecular formula is C16H34N2OS. The second-order valence-corrected chi connectivity index (χ2v) is 7.32. The summed E-state index contributed by atoms with van der Waals surface area (Å²) >= 11 is 4.70. The molecule has 0 aromatic rings. The number of thiol groups is 1. The van der Waals surface area contributed by atoms with Crippen molar-refractivity contribution in [3.8, 4) is 0 Å². The quantitative estimate of drug-likeness (QED) is 0.455. The zero-order valence-electron chi connectivity index (χ0n) is 13.9. The van der Waals surface area contributed by atoms with Gasteiger partial charge in [0, 0.05) is 16.8 Å². The van der Waals surface area contributed by atoms with Crippen LogP contribution >= 0.6 is 12.6 Å². The lowest BCUT2D eigenvalue weighted by Crippen LogP contribution is -2.40. The summed E-state index contributed by atoms with van der Waals surface area (Å²) in [4.78, 5) is 13.2. The van der Waals surface area contributed by atoms with E-state index in [0.29, 0.717) is 18.5 Å². The van der Waals surface area contributed by atoms with Gasteiger partial charge in [-0.2, -0.15) is 12.6 Å². The Morgan fingerprint density at radius 3 is 2.10 bits per heavy atom. The number of rotatable bonds is 11. The molecule has 0 amide bonds. The van der Waals surface area contributed by atoms with Crippen molar-refractivity contribution in [2.45, 2.75) is 89.1 Å². The Labute approximate surface area is 131 Å². The van der Waals surface area contributed by atoms with Crippen molar-refractivity contribution < 1.29 is 4.79 Å². The molecule has 4 heteroatoms. The highest BCUT2D eigenvalue weighted by molar-refractivity contribution is 7.81. The maximum Gasteiger partial charge on any atom is 0.136 e. The standard InChI is InChI=1S/C16H34N2OS/c1-6-14(7-2)18(5)15(8-3)9-10-16(4,20)11-13(17)12-19/h12-15,20H,6-11,17H2,1-5H3. The maximum atomic E-state index is 10.7. The summed E-state index contributed by atoms with van der Waals surface area (Å²) in [6, 6.07) is 0.844. The van der Waals surface area contributed by atoms with E-state index >= 15 is 0 Å². The lowest BCUT2D eigenvalue weighted by molar-refractivity contribution is -0.109. The van der Waals surface area contributed by atoms with Gasteiger partial charge >= 0.3 is 0 Å². The summed E-state index contributed by atoms with van der Waals surface area (Å²) in [6.45, 7) is 8.84. The fourth-order valence-corrected chi connectivity index (χ4v) is 3.33. The molecule has 0 saturated carbocycles. The summed E-state index contributed by atoms with van der Waals surface area (Å²) in [5.41, 5.74) is 5.72.